The highest BCUT2D eigenvalue weighted by molar-refractivity contribution is 8.18. The van der Waals surface area contributed by atoms with Gasteiger partial charge in [-0.3, -0.25) is 14.9 Å². The first kappa shape index (κ1) is 11.7. The molecule has 0 bridgehead atoms. The van der Waals surface area contributed by atoms with E-state index in [9.17, 15) is 9.59 Å². The first-order chi connectivity index (χ1) is 8.15. The van der Waals surface area contributed by atoms with E-state index in [2.05, 4.69) is 5.32 Å². The number of carbonyl (C=O) groups is 2. The lowest BCUT2D eigenvalue weighted by molar-refractivity contribution is -0.115. The van der Waals surface area contributed by atoms with E-state index in [0.717, 1.165) is 17.3 Å². The van der Waals surface area contributed by atoms with Crippen LogP contribution in [0.3, 0.4) is 0 Å². The number of rotatable bonds is 2. The van der Waals surface area contributed by atoms with Crippen molar-refractivity contribution in [3.05, 3.63) is 52.4 Å². The number of benzene rings is 1. The Morgan fingerprint density at radius 2 is 1.88 bits per heavy atom. The average molecular weight is 245 g/mol. The van der Waals surface area contributed by atoms with Crippen LogP contribution in [0.2, 0.25) is 0 Å². The summed E-state index contributed by atoms with van der Waals surface area (Å²) in [6, 6.07) is 8.04. The van der Waals surface area contributed by atoms with Gasteiger partial charge in [0.05, 0.1) is 4.91 Å². The van der Waals surface area contributed by atoms with Crippen LogP contribution in [0.4, 0.5) is 4.79 Å². The molecule has 0 radical (unpaired) electrons. The van der Waals surface area contributed by atoms with Gasteiger partial charge in [-0.15, -0.1) is 0 Å². The summed E-state index contributed by atoms with van der Waals surface area (Å²) < 4.78 is 0. The van der Waals surface area contributed by atoms with E-state index in [0.29, 0.717) is 4.91 Å². The normalized spacial score (nSPS) is 18.1. The van der Waals surface area contributed by atoms with E-state index >= 15 is 0 Å². The fourth-order valence-corrected chi connectivity index (χ4v) is 1.99. The summed E-state index contributed by atoms with van der Waals surface area (Å²) in [7, 11) is 0. The maximum atomic E-state index is 11.2. The van der Waals surface area contributed by atoms with Gasteiger partial charge in [-0.2, -0.15) is 0 Å². The van der Waals surface area contributed by atoms with E-state index < -0.39 is 0 Å². The predicted molar refractivity (Wildman–Crippen MR) is 69.4 cm³/mol. The second kappa shape index (κ2) is 5.01. The Balaban J connectivity index is 2.07. The number of aryl methyl sites for hydroxylation is 1. The molecule has 1 aliphatic rings. The van der Waals surface area contributed by atoms with Crippen molar-refractivity contribution in [1.29, 1.82) is 0 Å². The lowest BCUT2D eigenvalue weighted by Gasteiger charge is -1.93. The number of allylic oxidation sites excluding steroid dienone is 2. The van der Waals surface area contributed by atoms with Crippen LogP contribution in [0.1, 0.15) is 11.1 Å². The first-order valence-electron chi connectivity index (χ1n) is 5.13. The van der Waals surface area contributed by atoms with Crippen molar-refractivity contribution >= 4 is 29.0 Å². The minimum absolute atomic E-state index is 0.315. The van der Waals surface area contributed by atoms with Gasteiger partial charge in [0.25, 0.3) is 11.1 Å². The third-order valence-electron chi connectivity index (χ3n) is 2.26. The molecule has 1 fully saturated rings. The van der Waals surface area contributed by atoms with E-state index in [1.807, 2.05) is 37.3 Å². The van der Waals surface area contributed by atoms with Crippen molar-refractivity contribution < 1.29 is 9.59 Å². The van der Waals surface area contributed by atoms with Crippen molar-refractivity contribution in [1.82, 2.24) is 5.32 Å². The molecule has 0 atom stereocenters. The van der Waals surface area contributed by atoms with Gasteiger partial charge in [-0.25, -0.2) is 0 Å². The van der Waals surface area contributed by atoms with E-state index in [1.54, 1.807) is 12.2 Å². The van der Waals surface area contributed by atoms with Crippen LogP contribution in [0.25, 0.3) is 6.08 Å². The van der Waals surface area contributed by atoms with Crippen LogP contribution < -0.4 is 5.32 Å². The zero-order valence-corrected chi connectivity index (χ0v) is 10.1. The molecule has 0 aromatic heterocycles. The van der Waals surface area contributed by atoms with Crippen LogP contribution in [0.15, 0.2) is 41.3 Å². The predicted octanol–water partition coefficient (Wildman–Crippen LogP) is 2.88. The zero-order chi connectivity index (χ0) is 12.3. The summed E-state index contributed by atoms with van der Waals surface area (Å²) in [6.45, 7) is 2.03. The highest BCUT2D eigenvalue weighted by atomic mass is 32.2. The maximum Gasteiger partial charge on any atom is 0.290 e. The SMILES string of the molecule is Cc1ccc(/C=C/C=C2\SC(=O)NC2=O)cc1. The van der Waals surface area contributed by atoms with Crippen molar-refractivity contribution in [2.24, 2.45) is 0 Å². The Kier molecular flexibility index (Phi) is 3.44. The van der Waals surface area contributed by atoms with Gasteiger partial charge in [-0.1, -0.05) is 42.0 Å². The Bertz CT molecular complexity index is 515. The number of hydrogen-bond acceptors (Lipinski definition) is 3. The molecule has 1 aliphatic heterocycles. The molecule has 86 valence electrons. The molecule has 1 N–H and O–H groups in total. The average Bonchev–Trinajstić information content (AvgIpc) is 2.60. The third-order valence-corrected chi connectivity index (χ3v) is 3.08. The molecular formula is C13H11NO2S. The van der Waals surface area contributed by atoms with Crippen molar-refractivity contribution in [2.75, 3.05) is 0 Å². The molecule has 3 nitrogen and oxygen atoms in total. The number of nitrogens with one attached hydrogen (secondary N) is 1. The van der Waals surface area contributed by atoms with E-state index in [-0.39, 0.29) is 11.1 Å². The minimum Gasteiger partial charge on any atom is -0.282 e. The topological polar surface area (TPSA) is 46.2 Å². The molecular weight excluding hydrogens is 234 g/mol. The van der Waals surface area contributed by atoms with E-state index in [1.165, 1.54) is 5.56 Å². The second-order valence-corrected chi connectivity index (χ2v) is 4.66. The van der Waals surface area contributed by atoms with Gasteiger partial charge in [0.1, 0.15) is 0 Å². The maximum absolute atomic E-state index is 11.2. The number of hydrogen-bond donors (Lipinski definition) is 1. The molecule has 1 saturated heterocycles. The number of imide groups is 1. The van der Waals surface area contributed by atoms with Crippen LogP contribution in [0, 0.1) is 6.92 Å². The Labute approximate surface area is 104 Å². The third kappa shape index (κ3) is 3.07. The van der Waals surface area contributed by atoms with Gasteiger partial charge in [0, 0.05) is 0 Å². The van der Waals surface area contributed by atoms with Gasteiger partial charge in [-0.05, 0) is 30.3 Å². The number of thioether (sulfide) groups is 1. The summed E-state index contributed by atoms with van der Waals surface area (Å²) in [5, 5.41) is 1.89. The standard InChI is InChI=1S/C13H11NO2S/c1-9-5-7-10(8-6-9)3-2-4-11-12(15)14-13(16)17-11/h2-8H,1H3,(H,14,15,16)/b3-2+,11-4-. The van der Waals surface area contributed by atoms with Crippen molar-refractivity contribution in [3.63, 3.8) is 0 Å². The highest BCUT2D eigenvalue weighted by Gasteiger charge is 2.24. The van der Waals surface area contributed by atoms with Crippen LogP contribution in [-0.2, 0) is 4.79 Å². The Morgan fingerprint density at radius 1 is 1.18 bits per heavy atom. The molecule has 0 aliphatic carbocycles. The fraction of sp³-hybridized carbons (Fsp3) is 0.0769. The lowest BCUT2D eigenvalue weighted by Crippen LogP contribution is -2.17. The molecule has 4 heteroatoms. The monoisotopic (exact) mass is 245 g/mol. The van der Waals surface area contributed by atoms with Gasteiger partial charge < -0.3 is 0 Å². The Hall–Kier alpha value is -1.81. The second-order valence-electron chi connectivity index (χ2n) is 3.64. The molecule has 1 heterocycles. The Morgan fingerprint density at radius 3 is 2.47 bits per heavy atom. The molecule has 0 unspecified atom stereocenters. The molecule has 17 heavy (non-hydrogen) atoms. The molecule has 0 spiro atoms. The minimum atomic E-state index is -0.325. The smallest absolute Gasteiger partial charge is 0.282 e. The zero-order valence-electron chi connectivity index (χ0n) is 9.27. The van der Waals surface area contributed by atoms with E-state index in [4.69, 9.17) is 0 Å². The van der Waals surface area contributed by atoms with Gasteiger partial charge in [0.2, 0.25) is 0 Å². The number of amides is 2. The lowest BCUT2D eigenvalue weighted by atomic mass is 10.1. The van der Waals surface area contributed by atoms with Crippen LogP contribution in [0.5, 0.6) is 0 Å². The molecule has 2 amide bonds. The quantitative estimate of drug-likeness (QED) is 0.815. The van der Waals surface area contributed by atoms with Gasteiger partial charge >= 0.3 is 0 Å². The largest absolute Gasteiger partial charge is 0.290 e. The molecule has 1 aromatic carbocycles. The van der Waals surface area contributed by atoms with Crippen LogP contribution in [-0.4, -0.2) is 11.1 Å². The highest BCUT2D eigenvalue weighted by Crippen LogP contribution is 2.22. The number of carbonyl (C=O) groups excluding carboxylic acids is 2. The first-order valence-corrected chi connectivity index (χ1v) is 5.95. The summed E-state index contributed by atoms with van der Waals surface area (Å²) in [4.78, 5) is 22.5. The fourth-order valence-electron chi connectivity index (χ4n) is 1.36. The van der Waals surface area contributed by atoms with Crippen LogP contribution >= 0.6 is 11.8 Å². The van der Waals surface area contributed by atoms with Gasteiger partial charge in [0.15, 0.2) is 0 Å². The molecule has 2 rings (SSSR count). The molecule has 1 aromatic rings. The summed E-state index contributed by atoms with van der Waals surface area (Å²) in [5.41, 5.74) is 2.26. The van der Waals surface area contributed by atoms with Crippen molar-refractivity contribution in [3.8, 4) is 0 Å². The van der Waals surface area contributed by atoms with Crippen molar-refractivity contribution in [2.45, 2.75) is 6.92 Å². The summed E-state index contributed by atoms with van der Waals surface area (Å²) >= 11 is 0.922. The molecule has 0 saturated carbocycles. The summed E-state index contributed by atoms with van der Waals surface area (Å²) in [6.07, 6.45) is 5.30. The summed E-state index contributed by atoms with van der Waals surface area (Å²) in [5.74, 6) is -0.325.